The Labute approximate surface area is 125 Å². The van der Waals surface area contributed by atoms with Gasteiger partial charge in [-0.3, -0.25) is 4.79 Å². The number of rotatable bonds is 2. The zero-order chi connectivity index (χ0) is 15.0. The largest absolute Gasteiger partial charge is 0.497 e. The van der Waals surface area contributed by atoms with Gasteiger partial charge in [0.1, 0.15) is 5.75 Å². The predicted molar refractivity (Wildman–Crippen MR) is 84.9 cm³/mol. The van der Waals surface area contributed by atoms with Crippen LogP contribution in [0.25, 0.3) is 6.08 Å². The van der Waals surface area contributed by atoms with Crippen LogP contribution in [0, 0.1) is 13.8 Å². The molecule has 1 aliphatic rings. The van der Waals surface area contributed by atoms with Gasteiger partial charge in [-0.15, -0.1) is 0 Å². The molecule has 0 unspecified atom stereocenters. The summed E-state index contributed by atoms with van der Waals surface area (Å²) in [6.07, 6.45) is 2.70. The average molecular weight is 278 g/mol. The molecule has 2 heteroatoms. The maximum absolute atomic E-state index is 12.6. The Kier molecular flexibility index (Phi) is 3.38. The van der Waals surface area contributed by atoms with E-state index >= 15 is 0 Å². The van der Waals surface area contributed by atoms with Crippen molar-refractivity contribution in [2.45, 2.75) is 20.3 Å². The highest BCUT2D eigenvalue weighted by atomic mass is 16.5. The summed E-state index contributed by atoms with van der Waals surface area (Å²) < 4.78 is 5.29. The molecule has 2 aromatic rings. The Morgan fingerprint density at radius 2 is 1.95 bits per heavy atom. The van der Waals surface area contributed by atoms with Gasteiger partial charge in [-0.25, -0.2) is 0 Å². The number of aryl methyl sites for hydroxylation is 2. The third-order valence-corrected chi connectivity index (χ3v) is 3.91. The molecule has 0 amide bonds. The predicted octanol–water partition coefficient (Wildman–Crippen LogP) is 4.13. The lowest BCUT2D eigenvalue weighted by Gasteiger charge is -2.04. The van der Waals surface area contributed by atoms with Crippen molar-refractivity contribution in [3.63, 3.8) is 0 Å². The fourth-order valence-corrected chi connectivity index (χ4v) is 2.94. The van der Waals surface area contributed by atoms with Crippen LogP contribution in [0.1, 0.15) is 32.6 Å². The SMILES string of the molecule is COc1cc(C)cc(/C=C2\Cc3cccc(C)c3C2=O)c1. The number of ketones is 1. The normalized spacial score (nSPS) is 15.4. The Morgan fingerprint density at radius 1 is 1.14 bits per heavy atom. The molecule has 0 saturated heterocycles. The van der Waals surface area contributed by atoms with E-state index in [9.17, 15) is 4.79 Å². The van der Waals surface area contributed by atoms with Gasteiger partial charge in [0.25, 0.3) is 0 Å². The maximum atomic E-state index is 12.6. The molecule has 0 saturated carbocycles. The second kappa shape index (κ2) is 5.21. The summed E-state index contributed by atoms with van der Waals surface area (Å²) in [6, 6.07) is 12.1. The topological polar surface area (TPSA) is 26.3 Å². The molecule has 0 N–H and O–H groups in total. The number of benzene rings is 2. The van der Waals surface area contributed by atoms with Gasteiger partial charge in [0.05, 0.1) is 7.11 Å². The molecule has 0 bridgehead atoms. The third kappa shape index (κ3) is 2.49. The molecule has 0 heterocycles. The summed E-state index contributed by atoms with van der Waals surface area (Å²) in [4.78, 5) is 12.6. The van der Waals surface area contributed by atoms with Gasteiger partial charge >= 0.3 is 0 Å². The standard InChI is InChI=1S/C19H18O2/c1-12-7-14(10-17(8-12)21-3)9-16-11-15-6-4-5-13(2)18(15)19(16)20/h4-10H,11H2,1-3H3/b16-9+. The fourth-order valence-electron chi connectivity index (χ4n) is 2.94. The van der Waals surface area contributed by atoms with Gasteiger partial charge in [-0.1, -0.05) is 24.3 Å². The summed E-state index contributed by atoms with van der Waals surface area (Å²) in [5.74, 6) is 0.976. The van der Waals surface area contributed by atoms with E-state index in [4.69, 9.17) is 4.74 Å². The molecule has 2 nitrogen and oxygen atoms in total. The molecular weight excluding hydrogens is 260 g/mol. The lowest BCUT2D eigenvalue weighted by molar-refractivity contribution is 0.104. The summed E-state index contributed by atoms with van der Waals surface area (Å²) in [5.41, 5.74) is 6.06. The van der Waals surface area contributed by atoms with Crippen LogP contribution >= 0.6 is 0 Å². The molecule has 1 aliphatic carbocycles. The van der Waals surface area contributed by atoms with Gasteiger partial charge in [-0.2, -0.15) is 0 Å². The zero-order valence-electron chi connectivity index (χ0n) is 12.6. The van der Waals surface area contributed by atoms with Crippen LogP contribution in [-0.2, 0) is 6.42 Å². The van der Waals surface area contributed by atoms with Gasteiger partial charge in [0.2, 0.25) is 0 Å². The van der Waals surface area contributed by atoms with Gasteiger partial charge in [0.15, 0.2) is 5.78 Å². The quantitative estimate of drug-likeness (QED) is 0.772. The van der Waals surface area contributed by atoms with E-state index in [0.717, 1.165) is 39.1 Å². The zero-order valence-corrected chi connectivity index (χ0v) is 12.6. The van der Waals surface area contributed by atoms with Crippen molar-refractivity contribution >= 4 is 11.9 Å². The first kappa shape index (κ1) is 13.6. The first-order valence-electron chi connectivity index (χ1n) is 7.08. The van der Waals surface area contributed by atoms with Crippen LogP contribution in [-0.4, -0.2) is 12.9 Å². The Bertz CT molecular complexity index is 754. The number of allylic oxidation sites excluding steroid dienone is 1. The lowest BCUT2D eigenvalue weighted by Crippen LogP contribution is -1.98. The molecule has 0 aliphatic heterocycles. The summed E-state index contributed by atoms with van der Waals surface area (Å²) >= 11 is 0. The van der Waals surface area contributed by atoms with Crippen molar-refractivity contribution in [2.24, 2.45) is 0 Å². The Balaban J connectivity index is 2.02. The van der Waals surface area contributed by atoms with E-state index in [1.54, 1.807) is 7.11 Å². The monoisotopic (exact) mass is 278 g/mol. The number of Topliss-reactive ketones (excluding diaryl/α,β-unsaturated/α-hetero) is 1. The number of hydrogen-bond donors (Lipinski definition) is 0. The third-order valence-electron chi connectivity index (χ3n) is 3.91. The Hall–Kier alpha value is -2.35. The lowest BCUT2D eigenvalue weighted by atomic mass is 10.0. The molecule has 0 spiro atoms. The van der Waals surface area contributed by atoms with Crippen molar-refractivity contribution in [1.82, 2.24) is 0 Å². The van der Waals surface area contributed by atoms with Crippen LogP contribution < -0.4 is 4.74 Å². The minimum Gasteiger partial charge on any atom is -0.497 e. The van der Waals surface area contributed by atoms with E-state index in [2.05, 4.69) is 6.07 Å². The van der Waals surface area contributed by atoms with E-state index in [1.165, 1.54) is 0 Å². The summed E-state index contributed by atoms with van der Waals surface area (Å²) in [6.45, 7) is 4.02. The molecule has 0 atom stereocenters. The van der Waals surface area contributed by atoms with Gasteiger partial charge in [-0.05, 0) is 54.3 Å². The molecule has 0 fully saturated rings. The van der Waals surface area contributed by atoms with Gasteiger partial charge in [0, 0.05) is 17.6 Å². The number of methoxy groups -OCH3 is 1. The van der Waals surface area contributed by atoms with Crippen molar-refractivity contribution in [2.75, 3.05) is 7.11 Å². The maximum Gasteiger partial charge on any atom is 0.189 e. The first-order chi connectivity index (χ1) is 10.1. The van der Waals surface area contributed by atoms with Crippen LogP contribution in [0.4, 0.5) is 0 Å². The average Bonchev–Trinajstić information content (AvgIpc) is 2.76. The molecule has 3 rings (SSSR count). The molecule has 2 aromatic carbocycles. The number of carbonyl (C=O) groups is 1. The number of fused-ring (bicyclic) bond motifs is 1. The molecule has 21 heavy (non-hydrogen) atoms. The second-order valence-corrected chi connectivity index (χ2v) is 5.57. The fraction of sp³-hybridized carbons (Fsp3) is 0.211. The smallest absolute Gasteiger partial charge is 0.189 e. The van der Waals surface area contributed by atoms with Crippen LogP contribution in [0.3, 0.4) is 0 Å². The summed E-state index contributed by atoms with van der Waals surface area (Å²) in [5, 5.41) is 0. The van der Waals surface area contributed by atoms with Gasteiger partial charge < -0.3 is 4.74 Å². The van der Waals surface area contributed by atoms with Crippen molar-refractivity contribution in [1.29, 1.82) is 0 Å². The number of hydrogen-bond acceptors (Lipinski definition) is 2. The van der Waals surface area contributed by atoms with Crippen LogP contribution in [0.15, 0.2) is 42.0 Å². The van der Waals surface area contributed by atoms with Crippen molar-refractivity contribution < 1.29 is 9.53 Å². The van der Waals surface area contributed by atoms with Crippen LogP contribution in [0.2, 0.25) is 0 Å². The Morgan fingerprint density at radius 3 is 2.67 bits per heavy atom. The molecular formula is C19H18O2. The van der Waals surface area contributed by atoms with Crippen molar-refractivity contribution in [3.05, 3.63) is 69.8 Å². The summed E-state index contributed by atoms with van der Waals surface area (Å²) in [7, 11) is 1.66. The van der Waals surface area contributed by atoms with Crippen molar-refractivity contribution in [3.8, 4) is 5.75 Å². The highest BCUT2D eigenvalue weighted by Gasteiger charge is 2.25. The molecule has 0 aromatic heterocycles. The molecule has 0 radical (unpaired) electrons. The van der Waals surface area contributed by atoms with E-state index in [1.807, 2.05) is 50.3 Å². The highest BCUT2D eigenvalue weighted by molar-refractivity contribution is 6.16. The second-order valence-electron chi connectivity index (χ2n) is 5.57. The highest BCUT2D eigenvalue weighted by Crippen LogP contribution is 2.30. The molecule has 106 valence electrons. The first-order valence-corrected chi connectivity index (χ1v) is 7.08. The number of ether oxygens (including phenoxy) is 1. The van der Waals surface area contributed by atoms with E-state index in [0.29, 0.717) is 6.42 Å². The van der Waals surface area contributed by atoms with E-state index < -0.39 is 0 Å². The van der Waals surface area contributed by atoms with E-state index in [-0.39, 0.29) is 5.78 Å². The minimum atomic E-state index is 0.156. The number of carbonyl (C=O) groups excluding carboxylic acids is 1. The minimum absolute atomic E-state index is 0.156. The van der Waals surface area contributed by atoms with Crippen LogP contribution in [0.5, 0.6) is 5.75 Å².